The van der Waals surface area contributed by atoms with Crippen LogP contribution in [0.15, 0.2) is 65.7 Å². The van der Waals surface area contributed by atoms with Gasteiger partial charge in [0.05, 0.1) is 11.5 Å². The molecule has 0 radical (unpaired) electrons. The maximum Gasteiger partial charge on any atom is 0.0625 e. The molecule has 1 heterocycles. The van der Waals surface area contributed by atoms with Gasteiger partial charge in [0, 0.05) is 5.71 Å². The maximum absolute atomic E-state index is 5.01. The van der Waals surface area contributed by atoms with Crippen LogP contribution in [0, 0.1) is 5.92 Å². The molecular formula is C20H23N. The number of rotatable bonds is 3. The standard InChI is InChI=1S/C20H23N/c1-4-19-20(15(2)16(3)21-19,17-11-7-5-8-12-17)18-13-9-6-10-14-18/h5-16H,4H2,1-3H3. The molecule has 0 aromatic heterocycles. The van der Waals surface area contributed by atoms with E-state index in [9.17, 15) is 0 Å². The minimum atomic E-state index is -0.0727. The Balaban J connectivity index is 2.29. The summed E-state index contributed by atoms with van der Waals surface area (Å²) in [5.41, 5.74) is 3.98. The molecule has 2 aromatic carbocycles. The second kappa shape index (κ2) is 5.48. The molecule has 1 heteroatoms. The largest absolute Gasteiger partial charge is 0.289 e. The molecule has 1 aliphatic heterocycles. The highest BCUT2D eigenvalue weighted by Gasteiger charge is 2.49. The lowest BCUT2D eigenvalue weighted by atomic mass is 9.63. The number of benzene rings is 2. The molecule has 21 heavy (non-hydrogen) atoms. The van der Waals surface area contributed by atoms with Crippen molar-refractivity contribution in [3.63, 3.8) is 0 Å². The first-order valence-electron chi connectivity index (χ1n) is 7.89. The average molecular weight is 277 g/mol. The lowest BCUT2D eigenvalue weighted by Crippen LogP contribution is -2.41. The van der Waals surface area contributed by atoms with Crippen molar-refractivity contribution in [3.05, 3.63) is 71.8 Å². The van der Waals surface area contributed by atoms with Gasteiger partial charge in [-0.2, -0.15) is 0 Å². The predicted molar refractivity (Wildman–Crippen MR) is 90.0 cm³/mol. The van der Waals surface area contributed by atoms with Crippen molar-refractivity contribution < 1.29 is 0 Å². The summed E-state index contributed by atoms with van der Waals surface area (Å²) in [5.74, 6) is 0.470. The summed E-state index contributed by atoms with van der Waals surface area (Å²) in [7, 11) is 0. The van der Waals surface area contributed by atoms with Crippen LogP contribution in [0.25, 0.3) is 0 Å². The lowest BCUT2D eigenvalue weighted by Gasteiger charge is -2.37. The zero-order valence-electron chi connectivity index (χ0n) is 13.1. The molecule has 2 unspecified atom stereocenters. The van der Waals surface area contributed by atoms with Crippen molar-refractivity contribution in [1.82, 2.24) is 0 Å². The molecule has 0 spiro atoms. The molecule has 108 valence electrons. The van der Waals surface area contributed by atoms with E-state index < -0.39 is 0 Å². The molecule has 0 bridgehead atoms. The second-order valence-corrected chi connectivity index (χ2v) is 6.00. The van der Waals surface area contributed by atoms with E-state index in [1.165, 1.54) is 16.8 Å². The number of hydrogen-bond acceptors (Lipinski definition) is 1. The van der Waals surface area contributed by atoms with Gasteiger partial charge in [0.1, 0.15) is 0 Å². The lowest BCUT2D eigenvalue weighted by molar-refractivity contribution is 0.417. The van der Waals surface area contributed by atoms with Gasteiger partial charge in [-0.15, -0.1) is 0 Å². The van der Waals surface area contributed by atoms with Crippen LogP contribution in [0.1, 0.15) is 38.3 Å². The minimum Gasteiger partial charge on any atom is -0.289 e. The van der Waals surface area contributed by atoms with Gasteiger partial charge in [0.25, 0.3) is 0 Å². The Morgan fingerprint density at radius 2 is 1.33 bits per heavy atom. The summed E-state index contributed by atoms with van der Waals surface area (Å²) in [6.45, 7) is 6.81. The third kappa shape index (κ3) is 2.03. The smallest absolute Gasteiger partial charge is 0.0625 e. The van der Waals surface area contributed by atoms with Crippen molar-refractivity contribution in [3.8, 4) is 0 Å². The molecule has 1 nitrogen and oxygen atoms in total. The Labute approximate surface area is 127 Å². The molecule has 1 aliphatic rings. The first-order valence-corrected chi connectivity index (χ1v) is 7.89. The van der Waals surface area contributed by atoms with Crippen molar-refractivity contribution >= 4 is 5.71 Å². The van der Waals surface area contributed by atoms with Crippen LogP contribution in [0.3, 0.4) is 0 Å². The fourth-order valence-corrected chi connectivity index (χ4v) is 3.88. The highest BCUT2D eigenvalue weighted by atomic mass is 14.9. The Morgan fingerprint density at radius 1 is 0.857 bits per heavy atom. The van der Waals surface area contributed by atoms with E-state index in [4.69, 9.17) is 4.99 Å². The van der Waals surface area contributed by atoms with Crippen molar-refractivity contribution in [2.24, 2.45) is 10.9 Å². The van der Waals surface area contributed by atoms with Crippen molar-refractivity contribution in [2.45, 2.75) is 38.6 Å². The van der Waals surface area contributed by atoms with Crippen LogP contribution in [-0.4, -0.2) is 11.8 Å². The summed E-state index contributed by atoms with van der Waals surface area (Å²) in [4.78, 5) is 5.01. The molecule has 0 aliphatic carbocycles. The fourth-order valence-electron chi connectivity index (χ4n) is 3.88. The number of aliphatic imine (C=N–C) groups is 1. The SMILES string of the molecule is CCC1=NC(C)C(C)C1(c1ccccc1)c1ccccc1. The van der Waals surface area contributed by atoms with E-state index in [0.29, 0.717) is 12.0 Å². The van der Waals surface area contributed by atoms with Crippen LogP contribution in [0.5, 0.6) is 0 Å². The first kappa shape index (κ1) is 14.1. The zero-order valence-corrected chi connectivity index (χ0v) is 13.1. The van der Waals surface area contributed by atoms with Gasteiger partial charge in [-0.05, 0) is 30.4 Å². The van der Waals surface area contributed by atoms with Gasteiger partial charge in [-0.25, -0.2) is 0 Å². The number of hydrogen-bond donors (Lipinski definition) is 0. The minimum absolute atomic E-state index is 0.0727. The van der Waals surface area contributed by atoms with E-state index in [2.05, 4.69) is 81.4 Å². The van der Waals surface area contributed by atoms with Crippen molar-refractivity contribution in [2.75, 3.05) is 0 Å². The summed E-state index contributed by atoms with van der Waals surface area (Å²) in [5, 5.41) is 0. The topological polar surface area (TPSA) is 12.4 Å². The Hall–Kier alpha value is -1.89. The van der Waals surface area contributed by atoms with E-state index in [1.807, 2.05) is 0 Å². The Kier molecular flexibility index (Phi) is 3.67. The average Bonchev–Trinajstić information content (AvgIpc) is 2.81. The van der Waals surface area contributed by atoms with Crippen LogP contribution in [0.2, 0.25) is 0 Å². The van der Waals surface area contributed by atoms with Gasteiger partial charge in [0.2, 0.25) is 0 Å². The Morgan fingerprint density at radius 3 is 1.76 bits per heavy atom. The van der Waals surface area contributed by atoms with E-state index in [1.54, 1.807) is 0 Å². The van der Waals surface area contributed by atoms with Crippen LogP contribution < -0.4 is 0 Å². The number of nitrogens with zero attached hydrogens (tertiary/aromatic N) is 1. The molecule has 2 atom stereocenters. The normalized spacial score (nSPS) is 23.9. The van der Waals surface area contributed by atoms with Gasteiger partial charge in [0.15, 0.2) is 0 Å². The van der Waals surface area contributed by atoms with Crippen LogP contribution >= 0.6 is 0 Å². The van der Waals surface area contributed by atoms with Crippen LogP contribution in [0.4, 0.5) is 0 Å². The van der Waals surface area contributed by atoms with Gasteiger partial charge in [-0.3, -0.25) is 4.99 Å². The van der Waals surface area contributed by atoms with Crippen molar-refractivity contribution in [1.29, 1.82) is 0 Å². The van der Waals surface area contributed by atoms with E-state index in [-0.39, 0.29) is 5.41 Å². The summed E-state index contributed by atoms with van der Waals surface area (Å²) >= 11 is 0. The highest BCUT2D eigenvalue weighted by Crippen LogP contribution is 2.47. The predicted octanol–water partition coefficient (Wildman–Crippen LogP) is 4.86. The second-order valence-electron chi connectivity index (χ2n) is 6.00. The fraction of sp³-hybridized carbons (Fsp3) is 0.350. The molecular weight excluding hydrogens is 254 g/mol. The van der Waals surface area contributed by atoms with E-state index >= 15 is 0 Å². The molecule has 0 amide bonds. The van der Waals surface area contributed by atoms with Crippen LogP contribution in [-0.2, 0) is 5.41 Å². The Bertz CT molecular complexity index is 588. The molecule has 2 aromatic rings. The molecule has 3 rings (SSSR count). The van der Waals surface area contributed by atoms with E-state index in [0.717, 1.165) is 6.42 Å². The third-order valence-electron chi connectivity index (χ3n) is 5.01. The molecule has 0 saturated heterocycles. The maximum atomic E-state index is 5.01. The van der Waals surface area contributed by atoms with Gasteiger partial charge in [-0.1, -0.05) is 74.5 Å². The quantitative estimate of drug-likeness (QED) is 0.759. The third-order valence-corrected chi connectivity index (χ3v) is 5.01. The molecule has 0 saturated carbocycles. The first-order chi connectivity index (χ1) is 10.2. The van der Waals surface area contributed by atoms with Gasteiger partial charge < -0.3 is 0 Å². The monoisotopic (exact) mass is 277 g/mol. The van der Waals surface area contributed by atoms with Gasteiger partial charge >= 0.3 is 0 Å². The summed E-state index contributed by atoms with van der Waals surface area (Å²) in [6, 6.07) is 22.1. The summed E-state index contributed by atoms with van der Waals surface area (Å²) in [6.07, 6.45) is 0.998. The molecule has 0 N–H and O–H groups in total. The zero-order chi connectivity index (χ0) is 14.9. The summed E-state index contributed by atoms with van der Waals surface area (Å²) < 4.78 is 0. The molecule has 0 fully saturated rings. The highest BCUT2D eigenvalue weighted by molar-refractivity contribution is 6.00.